The molecule has 114 valence electrons. The Bertz CT molecular complexity index is 271. The molecule has 0 aliphatic carbocycles. The summed E-state index contributed by atoms with van der Waals surface area (Å²) in [5, 5.41) is 0. The number of aldehydes is 1. The van der Waals surface area contributed by atoms with Gasteiger partial charge in [-0.15, -0.1) is 0 Å². The van der Waals surface area contributed by atoms with Crippen molar-refractivity contribution in [1.29, 1.82) is 0 Å². The van der Waals surface area contributed by atoms with Gasteiger partial charge in [0.05, 0.1) is 33.4 Å². The molecule has 0 fully saturated rings. The van der Waals surface area contributed by atoms with E-state index in [1.165, 1.54) is 0 Å². The lowest BCUT2D eigenvalue weighted by atomic mass is 9.72. The average Bonchev–Trinajstić information content (AvgIpc) is 2.26. The molecule has 0 spiro atoms. The van der Waals surface area contributed by atoms with E-state index in [1.54, 1.807) is 0 Å². The van der Waals surface area contributed by atoms with Crippen molar-refractivity contribution < 1.29 is 18.8 Å². The Balaban J connectivity index is 4.75. The molecule has 0 amide bonds. The van der Waals surface area contributed by atoms with Crippen LogP contribution in [0, 0.1) is 5.41 Å². The van der Waals surface area contributed by atoms with Crippen LogP contribution in [0.2, 0.25) is 0 Å². The lowest BCUT2D eigenvalue weighted by molar-refractivity contribution is -0.893. The Morgan fingerprint density at radius 3 is 2.16 bits per heavy atom. The van der Waals surface area contributed by atoms with Crippen molar-refractivity contribution in [3.8, 4) is 0 Å². The summed E-state index contributed by atoms with van der Waals surface area (Å²) in [5.41, 5.74) is -0.392. The maximum atomic E-state index is 10.4. The molecular formula is C15H32NO3+. The molecule has 0 rings (SSSR count). The zero-order valence-corrected chi connectivity index (χ0v) is 13.8. The summed E-state index contributed by atoms with van der Waals surface area (Å²) < 4.78 is 12.4. The molecule has 4 heteroatoms. The molecule has 0 aromatic rings. The lowest BCUT2D eigenvalue weighted by Gasteiger charge is -2.44. The van der Waals surface area contributed by atoms with Crippen LogP contribution in [0.4, 0.5) is 0 Å². The summed E-state index contributed by atoms with van der Waals surface area (Å²) in [6, 6.07) is 0. The smallest absolute Gasteiger partial charge is 0.183 e. The van der Waals surface area contributed by atoms with E-state index in [0.29, 0.717) is 13.3 Å². The fourth-order valence-electron chi connectivity index (χ4n) is 1.96. The van der Waals surface area contributed by atoms with Crippen LogP contribution in [-0.2, 0) is 14.3 Å². The molecule has 0 aromatic carbocycles. The number of hydrogen-bond donors (Lipinski definition) is 0. The highest BCUT2D eigenvalue weighted by Gasteiger charge is 2.42. The van der Waals surface area contributed by atoms with Crippen LogP contribution in [-0.4, -0.2) is 57.5 Å². The molecule has 1 unspecified atom stereocenters. The van der Waals surface area contributed by atoms with E-state index in [9.17, 15) is 4.79 Å². The first kappa shape index (κ1) is 18.6. The summed E-state index contributed by atoms with van der Waals surface area (Å²) in [5.74, 6) is 0. The number of hydrogen-bond acceptors (Lipinski definition) is 3. The summed E-state index contributed by atoms with van der Waals surface area (Å²) in [4.78, 5) is 10.4. The quantitative estimate of drug-likeness (QED) is 0.266. The first-order valence-electron chi connectivity index (χ1n) is 7.04. The van der Waals surface area contributed by atoms with Gasteiger partial charge in [0.1, 0.15) is 12.9 Å². The molecule has 0 aliphatic rings. The average molecular weight is 274 g/mol. The monoisotopic (exact) mass is 274 g/mol. The van der Waals surface area contributed by atoms with Gasteiger partial charge in [-0.2, -0.15) is 0 Å². The van der Waals surface area contributed by atoms with Crippen LogP contribution in [0.5, 0.6) is 0 Å². The second-order valence-corrected chi connectivity index (χ2v) is 7.07. The number of rotatable bonds is 10. The Morgan fingerprint density at radius 1 is 1.16 bits per heavy atom. The van der Waals surface area contributed by atoms with E-state index in [0.717, 1.165) is 23.6 Å². The Morgan fingerprint density at radius 2 is 1.74 bits per heavy atom. The summed E-state index contributed by atoms with van der Waals surface area (Å²) >= 11 is 0. The predicted octanol–water partition coefficient (Wildman–Crippen LogP) is 2.47. The lowest BCUT2D eigenvalue weighted by Crippen LogP contribution is -2.50. The van der Waals surface area contributed by atoms with Crippen molar-refractivity contribution in [3.05, 3.63) is 0 Å². The molecule has 0 saturated carbocycles. The van der Waals surface area contributed by atoms with E-state index in [-0.39, 0.29) is 17.6 Å². The highest BCUT2D eigenvalue weighted by atomic mass is 16.5. The second-order valence-electron chi connectivity index (χ2n) is 7.07. The fourth-order valence-corrected chi connectivity index (χ4v) is 1.96. The maximum Gasteiger partial charge on any atom is 0.183 e. The maximum absolute atomic E-state index is 10.4. The van der Waals surface area contributed by atoms with Gasteiger partial charge in [-0.3, -0.25) is 0 Å². The third-order valence-electron chi connectivity index (χ3n) is 3.67. The summed E-state index contributed by atoms with van der Waals surface area (Å²) in [7, 11) is 6.32. The van der Waals surface area contributed by atoms with Crippen molar-refractivity contribution >= 4 is 6.29 Å². The van der Waals surface area contributed by atoms with Crippen LogP contribution in [0.3, 0.4) is 0 Å². The van der Waals surface area contributed by atoms with Gasteiger partial charge in [-0.25, -0.2) is 0 Å². The highest BCUT2D eigenvalue weighted by Crippen LogP contribution is 2.39. The van der Waals surface area contributed by atoms with Gasteiger partial charge >= 0.3 is 0 Å². The number of carbonyl (C=O) groups excluding carboxylic acids is 1. The predicted molar refractivity (Wildman–Crippen MR) is 78.0 cm³/mol. The minimum Gasteiger partial charge on any atom is -0.373 e. The van der Waals surface area contributed by atoms with Crippen LogP contribution in [0.25, 0.3) is 0 Å². The normalized spacial score (nSPS) is 16.2. The SMILES string of the molecule is CCCC(C)(COCC=O)C(C)(C)OC[N+](C)(C)C. The molecule has 0 aromatic heterocycles. The van der Waals surface area contributed by atoms with E-state index in [4.69, 9.17) is 9.47 Å². The summed E-state index contributed by atoms with van der Waals surface area (Å²) in [6.45, 7) is 9.92. The van der Waals surface area contributed by atoms with Crippen molar-refractivity contribution in [2.45, 2.75) is 46.1 Å². The van der Waals surface area contributed by atoms with Gasteiger partial charge < -0.3 is 18.8 Å². The minimum absolute atomic E-state index is 0.0973. The minimum atomic E-state index is -0.294. The second kappa shape index (κ2) is 7.36. The van der Waals surface area contributed by atoms with Crippen molar-refractivity contribution in [2.75, 3.05) is 41.1 Å². The molecular weight excluding hydrogens is 242 g/mol. The first-order chi connectivity index (χ1) is 8.58. The zero-order valence-electron chi connectivity index (χ0n) is 13.8. The van der Waals surface area contributed by atoms with Crippen LogP contribution in [0.1, 0.15) is 40.5 Å². The molecule has 1 atom stereocenters. The van der Waals surface area contributed by atoms with Crippen LogP contribution >= 0.6 is 0 Å². The molecule has 0 heterocycles. The number of ether oxygens (including phenoxy) is 2. The van der Waals surface area contributed by atoms with Gasteiger partial charge in [0.15, 0.2) is 6.73 Å². The van der Waals surface area contributed by atoms with Crippen LogP contribution in [0.15, 0.2) is 0 Å². The third kappa shape index (κ3) is 6.50. The van der Waals surface area contributed by atoms with Gasteiger partial charge in [-0.1, -0.05) is 20.3 Å². The molecule has 4 nitrogen and oxygen atoms in total. The Kier molecular flexibility index (Phi) is 7.19. The zero-order chi connectivity index (χ0) is 15.2. The Hall–Kier alpha value is -0.450. The standard InChI is InChI=1S/C15H32NO3/c1-8-9-15(4,12-18-11-10-17)14(2,3)19-13-16(5,6)7/h10H,8-9,11-13H2,1-7H3/q+1. The molecule has 0 saturated heterocycles. The number of carbonyl (C=O) groups is 1. The highest BCUT2D eigenvalue weighted by molar-refractivity contribution is 5.50. The molecule has 0 aliphatic heterocycles. The van der Waals surface area contributed by atoms with Crippen molar-refractivity contribution in [3.63, 3.8) is 0 Å². The van der Waals surface area contributed by atoms with Crippen molar-refractivity contribution in [1.82, 2.24) is 0 Å². The van der Waals surface area contributed by atoms with Gasteiger partial charge in [-0.05, 0) is 20.3 Å². The number of nitrogens with zero attached hydrogens (tertiary/aromatic N) is 1. The Labute approximate surface area is 118 Å². The molecule has 0 radical (unpaired) electrons. The molecule has 19 heavy (non-hydrogen) atoms. The molecule has 0 bridgehead atoms. The van der Waals surface area contributed by atoms with Crippen molar-refractivity contribution in [2.24, 2.45) is 5.41 Å². The molecule has 0 N–H and O–H groups in total. The van der Waals surface area contributed by atoms with E-state index >= 15 is 0 Å². The van der Waals surface area contributed by atoms with E-state index in [1.807, 2.05) is 0 Å². The van der Waals surface area contributed by atoms with E-state index < -0.39 is 0 Å². The van der Waals surface area contributed by atoms with Crippen LogP contribution < -0.4 is 0 Å². The summed E-state index contributed by atoms with van der Waals surface area (Å²) in [6.07, 6.45) is 2.88. The van der Waals surface area contributed by atoms with Gasteiger partial charge in [0.2, 0.25) is 0 Å². The van der Waals surface area contributed by atoms with E-state index in [2.05, 4.69) is 48.8 Å². The third-order valence-corrected chi connectivity index (χ3v) is 3.67. The topological polar surface area (TPSA) is 35.5 Å². The first-order valence-corrected chi connectivity index (χ1v) is 7.04. The largest absolute Gasteiger partial charge is 0.373 e. The van der Waals surface area contributed by atoms with Gasteiger partial charge in [0.25, 0.3) is 0 Å². The number of quaternary nitrogens is 1. The fraction of sp³-hybridized carbons (Fsp3) is 0.933. The van der Waals surface area contributed by atoms with Gasteiger partial charge in [0, 0.05) is 5.41 Å².